The van der Waals surface area contributed by atoms with E-state index in [1.54, 1.807) is 0 Å². The highest BCUT2D eigenvalue weighted by Crippen LogP contribution is 2.30. The van der Waals surface area contributed by atoms with E-state index in [0.717, 1.165) is 25.3 Å². The summed E-state index contributed by atoms with van der Waals surface area (Å²) in [6, 6.07) is 0.563. The molecule has 0 aromatic heterocycles. The molecule has 3 nitrogen and oxygen atoms in total. The molecule has 3 heteroatoms. The van der Waals surface area contributed by atoms with Crippen molar-refractivity contribution < 1.29 is 4.79 Å². The van der Waals surface area contributed by atoms with Gasteiger partial charge in [-0.25, -0.2) is 0 Å². The normalized spacial score (nSPS) is 31.4. The molecule has 92 valence electrons. The van der Waals surface area contributed by atoms with Gasteiger partial charge in [-0.15, -0.1) is 0 Å². The van der Waals surface area contributed by atoms with Crippen molar-refractivity contribution in [2.45, 2.75) is 44.6 Å². The van der Waals surface area contributed by atoms with Gasteiger partial charge in [0.05, 0.1) is 0 Å². The Labute approximate surface area is 98.8 Å². The molecular weight excluding hydrogens is 200 g/mol. The third-order valence-corrected chi connectivity index (χ3v) is 3.99. The van der Waals surface area contributed by atoms with E-state index in [0.29, 0.717) is 11.9 Å². The fourth-order valence-electron chi connectivity index (χ4n) is 3.21. The number of carbonyl (C=O) groups is 1. The number of hydrogen-bond donors (Lipinski definition) is 0. The van der Waals surface area contributed by atoms with Crippen molar-refractivity contribution in [2.75, 3.05) is 27.2 Å². The van der Waals surface area contributed by atoms with Crippen LogP contribution in [-0.2, 0) is 4.79 Å². The number of hydrogen-bond acceptors (Lipinski definition) is 2. The SMILES string of the molecule is CN(C)CC1CCC(N2CCCC2=O)CC1. The second-order valence-electron chi connectivity index (χ2n) is 5.63. The van der Waals surface area contributed by atoms with Gasteiger partial charge in [-0.2, -0.15) is 0 Å². The summed E-state index contributed by atoms with van der Waals surface area (Å²) in [7, 11) is 4.30. The molecule has 2 aliphatic rings. The summed E-state index contributed by atoms with van der Waals surface area (Å²) < 4.78 is 0. The Hall–Kier alpha value is -0.570. The minimum Gasteiger partial charge on any atom is -0.340 e. The van der Waals surface area contributed by atoms with E-state index in [9.17, 15) is 4.79 Å². The van der Waals surface area contributed by atoms with Gasteiger partial charge in [0.2, 0.25) is 5.91 Å². The van der Waals surface area contributed by atoms with Crippen LogP contribution in [-0.4, -0.2) is 48.9 Å². The smallest absolute Gasteiger partial charge is 0.222 e. The first kappa shape index (κ1) is 11.9. The van der Waals surface area contributed by atoms with Crippen LogP contribution in [0.4, 0.5) is 0 Å². The number of nitrogens with zero attached hydrogens (tertiary/aromatic N) is 2. The number of likely N-dealkylation sites (tertiary alicyclic amines) is 1. The molecule has 1 saturated heterocycles. The lowest BCUT2D eigenvalue weighted by molar-refractivity contribution is -0.130. The maximum atomic E-state index is 11.7. The maximum absolute atomic E-state index is 11.7. The van der Waals surface area contributed by atoms with Crippen LogP contribution in [0, 0.1) is 5.92 Å². The molecule has 0 aromatic rings. The summed E-state index contributed by atoms with van der Waals surface area (Å²) in [5.41, 5.74) is 0. The zero-order valence-electron chi connectivity index (χ0n) is 10.6. The first-order valence-electron chi connectivity index (χ1n) is 6.61. The third kappa shape index (κ3) is 2.76. The molecule has 0 N–H and O–H groups in total. The second kappa shape index (κ2) is 5.17. The van der Waals surface area contributed by atoms with Gasteiger partial charge in [0.15, 0.2) is 0 Å². The predicted molar refractivity (Wildman–Crippen MR) is 65.2 cm³/mol. The number of carbonyl (C=O) groups excluding carboxylic acids is 1. The zero-order valence-corrected chi connectivity index (χ0v) is 10.6. The summed E-state index contributed by atoms with van der Waals surface area (Å²) in [4.78, 5) is 16.1. The lowest BCUT2D eigenvalue weighted by Crippen LogP contribution is -2.40. The molecule has 1 amide bonds. The van der Waals surface area contributed by atoms with Gasteiger partial charge in [0, 0.05) is 25.6 Å². The molecule has 0 spiro atoms. The quantitative estimate of drug-likeness (QED) is 0.729. The topological polar surface area (TPSA) is 23.6 Å². The van der Waals surface area contributed by atoms with Crippen molar-refractivity contribution in [1.29, 1.82) is 0 Å². The van der Waals surface area contributed by atoms with Crippen LogP contribution >= 0.6 is 0 Å². The van der Waals surface area contributed by atoms with Crippen LogP contribution in [0.3, 0.4) is 0 Å². The van der Waals surface area contributed by atoms with Crippen LogP contribution in [0.5, 0.6) is 0 Å². The molecule has 1 heterocycles. The maximum Gasteiger partial charge on any atom is 0.222 e. The largest absolute Gasteiger partial charge is 0.340 e. The van der Waals surface area contributed by atoms with Crippen molar-refractivity contribution in [3.63, 3.8) is 0 Å². The average molecular weight is 224 g/mol. The molecule has 16 heavy (non-hydrogen) atoms. The Kier molecular flexibility index (Phi) is 3.85. The molecule has 0 atom stereocenters. The van der Waals surface area contributed by atoms with Crippen LogP contribution < -0.4 is 0 Å². The van der Waals surface area contributed by atoms with Gasteiger partial charge in [0.25, 0.3) is 0 Å². The Morgan fingerprint density at radius 3 is 2.44 bits per heavy atom. The first-order valence-corrected chi connectivity index (χ1v) is 6.61. The highest BCUT2D eigenvalue weighted by atomic mass is 16.2. The van der Waals surface area contributed by atoms with Crippen LogP contribution in [0.25, 0.3) is 0 Å². The van der Waals surface area contributed by atoms with Gasteiger partial charge in [-0.05, 0) is 52.1 Å². The molecule has 0 aromatic carbocycles. The zero-order chi connectivity index (χ0) is 11.5. The second-order valence-corrected chi connectivity index (χ2v) is 5.63. The summed E-state index contributed by atoms with van der Waals surface area (Å²) in [5, 5.41) is 0. The monoisotopic (exact) mass is 224 g/mol. The first-order chi connectivity index (χ1) is 7.66. The fourth-order valence-corrected chi connectivity index (χ4v) is 3.21. The third-order valence-electron chi connectivity index (χ3n) is 3.99. The predicted octanol–water partition coefficient (Wildman–Crippen LogP) is 1.73. The molecule has 0 bridgehead atoms. The molecule has 2 rings (SSSR count). The van der Waals surface area contributed by atoms with Crippen LogP contribution in [0.2, 0.25) is 0 Å². The number of amides is 1. The van der Waals surface area contributed by atoms with Gasteiger partial charge in [0.1, 0.15) is 0 Å². The average Bonchev–Trinajstić information content (AvgIpc) is 2.65. The van der Waals surface area contributed by atoms with E-state index in [1.807, 2.05) is 0 Å². The molecule has 2 fully saturated rings. The van der Waals surface area contributed by atoms with Crippen molar-refractivity contribution in [3.05, 3.63) is 0 Å². The molecule has 0 radical (unpaired) electrons. The van der Waals surface area contributed by atoms with E-state index in [-0.39, 0.29) is 0 Å². The van der Waals surface area contributed by atoms with Crippen LogP contribution in [0.15, 0.2) is 0 Å². The van der Waals surface area contributed by atoms with E-state index < -0.39 is 0 Å². The van der Waals surface area contributed by atoms with E-state index in [2.05, 4.69) is 23.9 Å². The Bertz CT molecular complexity index is 244. The van der Waals surface area contributed by atoms with Gasteiger partial charge >= 0.3 is 0 Å². The standard InChI is InChI=1S/C13H24N2O/c1-14(2)10-11-5-7-12(8-6-11)15-9-3-4-13(15)16/h11-12H,3-10H2,1-2H3. The minimum atomic E-state index is 0.399. The lowest BCUT2D eigenvalue weighted by Gasteiger charge is -2.35. The summed E-state index contributed by atoms with van der Waals surface area (Å²) in [6.07, 6.45) is 6.92. The van der Waals surface area contributed by atoms with Crippen molar-refractivity contribution in [2.24, 2.45) is 5.92 Å². The molecule has 1 aliphatic heterocycles. The highest BCUT2D eigenvalue weighted by Gasteiger charge is 2.31. The van der Waals surface area contributed by atoms with E-state index >= 15 is 0 Å². The van der Waals surface area contributed by atoms with Gasteiger partial charge in [-0.3, -0.25) is 4.79 Å². The van der Waals surface area contributed by atoms with Crippen molar-refractivity contribution in [1.82, 2.24) is 9.80 Å². The molecule has 0 unspecified atom stereocenters. The van der Waals surface area contributed by atoms with E-state index in [1.165, 1.54) is 32.2 Å². The lowest BCUT2D eigenvalue weighted by atomic mass is 9.85. The van der Waals surface area contributed by atoms with Crippen LogP contribution in [0.1, 0.15) is 38.5 Å². The molecular formula is C13H24N2O. The number of rotatable bonds is 3. The van der Waals surface area contributed by atoms with Crippen molar-refractivity contribution in [3.8, 4) is 0 Å². The summed E-state index contributed by atoms with van der Waals surface area (Å²) >= 11 is 0. The fraction of sp³-hybridized carbons (Fsp3) is 0.923. The van der Waals surface area contributed by atoms with Crippen molar-refractivity contribution >= 4 is 5.91 Å². The molecule has 1 aliphatic carbocycles. The van der Waals surface area contributed by atoms with E-state index in [4.69, 9.17) is 0 Å². The minimum absolute atomic E-state index is 0.399. The summed E-state index contributed by atoms with van der Waals surface area (Å²) in [5.74, 6) is 1.25. The molecule has 1 saturated carbocycles. The Balaban J connectivity index is 1.78. The Morgan fingerprint density at radius 1 is 1.25 bits per heavy atom. The summed E-state index contributed by atoms with van der Waals surface area (Å²) in [6.45, 7) is 2.22. The Morgan fingerprint density at radius 2 is 1.94 bits per heavy atom. The van der Waals surface area contributed by atoms with Gasteiger partial charge in [-0.1, -0.05) is 0 Å². The highest BCUT2D eigenvalue weighted by molar-refractivity contribution is 5.78. The van der Waals surface area contributed by atoms with Gasteiger partial charge < -0.3 is 9.80 Å².